The van der Waals surface area contributed by atoms with Crippen molar-refractivity contribution in [3.8, 4) is 0 Å². The zero-order valence-electron chi connectivity index (χ0n) is 15.0. The Morgan fingerprint density at radius 2 is 2.04 bits per heavy atom. The molecule has 0 spiro atoms. The first-order valence-corrected chi connectivity index (χ1v) is 9.32. The number of aromatic nitrogens is 1. The lowest BCUT2D eigenvalue weighted by molar-refractivity contribution is -0.132. The van der Waals surface area contributed by atoms with Crippen LogP contribution in [0.1, 0.15) is 56.0 Å². The van der Waals surface area contributed by atoms with E-state index in [1.54, 1.807) is 17.2 Å². The lowest BCUT2D eigenvalue weighted by Crippen LogP contribution is -2.32. The molecule has 0 saturated heterocycles. The molecule has 1 rings (SSSR count). The van der Waals surface area contributed by atoms with E-state index in [1.165, 1.54) is 11.3 Å². The normalized spacial score (nSPS) is 10.9. The summed E-state index contributed by atoms with van der Waals surface area (Å²) < 4.78 is 10.3. The highest BCUT2D eigenvalue weighted by atomic mass is 32.1. The molecule has 0 fully saturated rings. The number of carbonyl (C=O) groups is 2. The van der Waals surface area contributed by atoms with Crippen molar-refractivity contribution >= 4 is 23.2 Å². The van der Waals surface area contributed by atoms with Gasteiger partial charge >= 0.3 is 5.97 Å². The maximum absolute atomic E-state index is 12.4. The predicted molar refractivity (Wildman–Crippen MR) is 94.1 cm³/mol. The van der Waals surface area contributed by atoms with Gasteiger partial charge in [-0.3, -0.25) is 4.79 Å². The van der Waals surface area contributed by atoms with Crippen LogP contribution in [0, 0.1) is 5.92 Å². The smallest absolute Gasteiger partial charge is 0.357 e. The van der Waals surface area contributed by atoms with E-state index < -0.39 is 5.97 Å². The van der Waals surface area contributed by atoms with Gasteiger partial charge in [-0.2, -0.15) is 0 Å². The molecule has 1 aromatic heterocycles. The Kier molecular flexibility index (Phi) is 9.56. The number of carbonyl (C=O) groups excluding carboxylic acids is 2. The molecule has 6 nitrogen and oxygen atoms in total. The number of thiazole rings is 1. The van der Waals surface area contributed by atoms with Gasteiger partial charge in [0.25, 0.3) is 0 Å². The molecule has 0 N–H and O–H groups in total. The van der Waals surface area contributed by atoms with Crippen molar-refractivity contribution in [2.45, 2.75) is 47.1 Å². The molecule has 0 aromatic carbocycles. The van der Waals surface area contributed by atoms with Crippen LogP contribution in [-0.4, -0.2) is 48.1 Å². The minimum absolute atomic E-state index is 0.106. The molecule has 7 heteroatoms. The van der Waals surface area contributed by atoms with Crippen LogP contribution in [0.5, 0.6) is 0 Å². The Morgan fingerprint density at radius 3 is 2.67 bits per heavy atom. The van der Waals surface area contributed by atoms with Gasteiger partial charge in [-0.1, -0.05) is 13.8 Å². The standard InChI is InChI=1S/C17H28N2O4S/c1-5-22-9-7-8-19(16(20)10-13(3)4)11-15-18-14(12-24-15)17(21)23-6-2/h12-13H,5-11H2,1-4H3. The second kappa shape index (κ2) is 11.1. The lowest BCUT2D eigenvalue weighted by Gasteiger charge is -2.22. The number of esters is 1. The molecule has 1 heterocycles. The molecule has 136 valence electrons. The van der Waals surface area contributed by atoms with Crippen LogP contribution >= 0.6 is 11.3 Å². The number of nitrogens with zero attached hydrogens (tertiary/aromatic N) is 2. The van der Waals surface area contributed by atoms with Crippen LogP contribution in [0.15, 0.2) is 5.38 Å². The van der Waals surface area contributed by atoms with Crippen molar-refractivity contribution in [2.75, 3.05) is 26.4 Å². The number of hydrogen-bond acceptors (Lipinski definition) is 6. The molecule has 0 atom stereocenters. The van der Waals surface area contributed by atoms with Gasteiger partial charge in [0.15, 0.2) is 5.69 Å². The first-order chi connectivity index (χ1) is 11.5. The van der Waals surface area contributed by atoms with Gasteiger partial charge in [0.05, 0.1) is 13.2 Å². The maximum atomic E-state index is 12.4. The third-order valence-electron chi connectivity index (χ3n) is 3.22. The molecule has 0 bridgehead atoms. The highest BCUT2D eigenvalue weighted by molar-refractivity contribution is 7.09. The SMILES string of the molecule is CCOCCCN(Cc1nc(C(=O)OCC)cs1)C(=O)CC(C)C. The third-order valence-corrected chi connectivity index (χ3v) is 4.05. The summed E-state index contributed by atoms with van der Waals surface area (Å²) in [5.41, 5.74) is 0.308. The molecule has 1 aromatic rings. The van der Waals surface area contributed by atoms with E-state index >= 15 is 0 Å². The van der Waals surface area contributed by atoms with Gasteiger partial charge in [0, 0.05) is 31.6 Å². The highest BCUT2D eigenvalue weighted by Crippen LogP contribution is 2.15. The van der Waals surface area contributed by atoms with Crippen molar-refractivity contribution in [2.24, 2.45) is 5.92 Å². The molecule has 0 aliphatic carbocycles. The van der Waals surface area contributed by atoms with Gasteiger partial charge in [0.1, 0.15) is 5.01 Å². The fourth-order valence-corrected chi connectivity index (χ4v) is 2.90. The van der Waals surface area contributed by atoms with Crippen molar-refractivity contribution in [3.63, 3.8) is 0 Å². The molecule has 0 aliphatic rings. The summed E-state index contributed by atoms with van der Waals surface area (Å²) in [5.74, 6) is -0.0101. The van der Waals surface area contributed by atoms with E-state index in [1.807, 2.05) is 20.8 Å². The lowest BCUT2D eigenvalue weighted by atomic mass is 10.1. The van der Waals surface area contributed by atoms with Gasteiger partial charge in [-0.05, 0) is 26.2 Å². The van der Waals surface area contributed by atoms with Crippen LogP contribution in [0.2, 0.25) is 0 Å². The van der Waals surface area contributed by atoms with E-state index in [4.69, 9.17) is 9.47 Å². The van der Waals surface area contributed by atoms with Crippen LogP contribution < -0.4 is 0 Å². The molecule has 0 radical (unpaired) electrons. The van der Waals surface area contributed by atoms with E-state index in [2.05, 4.69) is 4.98 Å². The topological polar surface area (TPSA) is 68.7 Å². The van der Waals surface area contributed by atoms with E-state index in [0.29, 0.717) is 50.9 Å². The first-order valence-electron chi connectivity index (χ1n) is 8.44. The van der Waals surface area contributed by atoms with Crippen molar-refractivity contribution < 1.29 is 19.1 Å². The average molecular weight is 356 g/mol. The first kappa shape index (κ1) is 20.6. The van der Waals surface area contributed by atoms with Crippen molar-refractivity contribution in [1.29, 1.82) is 0 Å². The minimum atomic E-state index is -0.420. The fourth-order valence-electron chi connectivity index (χ4n) is 2.12. The number of amides is 1. The summed E-state index contributed by atoms with van der Waals surface area (Å²) in [5, 5.41) is 2.42. The van der Waals surface area contributed by atoms with E-state index in [0.717, 1.165) is 11.4 Å². The van der Waals surface area contributed by atoms with Gasteiger partial charge < -0.3 is 14.4 Å². The third kappa shape index (κ3) is 7.40. The molecular formula is C17H28N2O4S. The number of hydrogen-bond donors (Lipinski definition) is 0. The molecule has 1 amide bonds. The molecule has 0 saturated carbocycles. The Bertz CT molecular complexity index is 516. The molecular weight excluding hydrogens is 328 g/mol. The summed E-state index contributed by atoms with van der Waals surface area (Å²) in [6, 6.07) is 0. The van der Waals surface area contributed by atoms with Gasteiger partial charge in [0.2, 0.25) is 5.91 Å². The van der Waals surface area contributed by atoms with Crippen molar-refractivity contribution in [3.05, 3.63) is 16.1 Å². The Hall–Kier alpha value is -1.47. The zero-order valence-corrected chi connectivity index (χ0v) is 15.9. The summed E-state index contributed by atoms with van der Waals surface area (Å²) in [6.45, 7) is 10.4. The van der Waals surface area contributed by atoms with E-state index in [-0.39, 0.29) is 5.91 Å². The monoisotopic (exact) mass is 356 g/mol. The average Bonchev–Trinajstić information content (AvgIpc) is 2.98. The molecule has 24 heavy (non-hydrogen) atoms. The number of rotatable bonds is 11. The number of ether oxygens (including phenoxy) is 2. The summed E-state index contributed by atoms with van der Waals surface area (Å²) in [6.07, 6.45) is 1.29. The quantitative estimate of drug-likeness (QED) is 0.450. The Morgan fingerprint density at radius 1 is 1.29 bits per heavy atom. The summed E-state index contributed by atoms with van der Waals surface area (Å²) >= 11 is 1.37. The second-order valence-corrected chi connectivity index (χ2v) is 6.75. The minimum Gasteiger partial charge on any atom is -0.461 e. The van der Waals surface area contributed by atoms with Gasteiger partial charge in [-0.25, -0.2) is 9.78 Å². The zero-order chi connectivity index (χ0) is 17.9. The van der Waals surface area contributed by atoms with E-state index in [9.17, 15) is 9.59 Å². The highest BCUT2D eigenvalue weighted by Gasteiger charge is 2.18. The Labute approximate surface area is 148 Å². The molecule has 0 unspecified atom stereocenters. The largest absolute Gasteiger partial charge is 0.461 e. The Balaban J connectivity index is 2.68. The van der Waals surface area contributed by atoms with Crippen LogP contribution in [0.3, 0.4) is 0 Å². The summed E-state index contributed by atoms with van der Waals surface area (Å²) in [7, 11) is 0. The van der Waals surface area contributed by atoms with Gasteiger partial charge in [-0.15, -0.1) is 11.3 Å². The molecule has 0 aliphatic heterocycles. The second-order valence-electron chi connectivity index (χ2n) is 5.81. The van der Waals surface area contributed by atoms with Crippen LogP contribution in [-0.2, 0) is 20.8 Å². The van der Waals surface area contributed by atoms with Crippen LogP contribution in [0.4, 0.5) is 0 Å². The predicted octanol–water partition coefficient (Wildman–Crippen LogP) is 3.12. The van der Waals surface area contributed by atoms with Crippen molar-refractivity contribution in [1.82, 2.24) is 9.88 Å². The fraction of sp³-hybridized carbons (Fsp3) is 0.706. The maximum Gasteiger partial charge on any atom is 0.357 e. The van der Waals surface area contributed by atoms with Crippen LogP contribution in [0.25, 0.3) is 0 Å². The summed E-state index contributed by atoms with van der Waals surface area (Å²) in [4.78, 5) is 30.2.